The minimum absolute atomic E-state index is 0.280. The number of aryl methyl sites for hydroxylation is 1. The standard InChI is InChI=1S/C23H24ClNO2/c1-16-11-22-20(14-21(16)24)19(13-23(26)27-22)15-25-9-7-18(8-10-25)12-17-5-3-2-4-6-17/h2-6,11,13-14,18H,7-10,12,15H2,1H3/p+1. The maximum Gasteiger partial charge on any atom is 0.336 e. The van der Waals surface area contributed by atoms with Crippen molar-refractivity contribution in [2.75, 3.05) is 13.1 Å². The van der Waals surface area contributed by atoms with Gasteiger partial charge in [-0.05, 0) is 55.4 Å². The van der Waals surface area contributed by atoms with E-state index in [1.807, 2.05) is 19.1 Å². The van der Waals surface area contributed by atoms with Crippen LogP contribution >= 0.6 is 11.6 Å². The van der Waals surface area contributed by atoms with Gasteiger partial charge in [0, 0.05) is 22.0 Å². The highest BCUT2D eigenvalue weighted by atomic mass is 35.5. The van der Waals surface area contributed by atoms with E-state index in [0.717, 1.165) is 42.1 Å². The average molecular weight is 383 g/mol. The molecule has 1 fully saturated rings. The number of likely N-dealkylation sites (tertiary alicyclic amines) is 1. The van der Waals surface area contributed by atoms with E-state index in [2.05, 4.69) is 30.3 Å². The van der Waals surface area contributed by atoms with Gasteiger partial charge < -0.3 is 9.32 Å². The van der Waals surface area contributed by atoms with Crippen LogP contribution in [0.2, 0.25) is 5.02 Å². The summed E-state index contributed by atoms with van der Waals surface area (Å²) in [5, 5.41) is 1.68. The zero-order valence-electron chi connectivity index (χ0n) is 15.6. The third-order valence-corrected chi connectivity index (χ3v) is 6.14. The molecule has 0 unspecified atom stereocenters. The lowest BCUT2D eigenvalue weighted by Gasteiger charge is -2.29. The second kappa shape index (κ2) is 7.87. The van der Waals surface area contributed by atoms with Gasteiger partial charge in [-0.2, -0.15) is 0 Å². The Balaban J connectivity index is 1.46. The smallest absolute Gasteiger partial charge is 0.336 e. The molecule has 0 spiro atoms. The number of hydrogen-bond acceptors (Lipinski definition) is 2. The van der Waals surface area contributed by atoms with E-state index in [0.29, 0.717) is 10.6 Å². The van der Waals surface area contributed by atoms with E-state index < -0.39 is 0 Å². The zero-order valence-corrected chi connectivity index (χ0v) is 16.4. The van der Waals surface area contributed by atoms with Crippen molar-refractivity contribution in [1.29, 1.82) is 0 Å². The molecule has 0 amide bonds. The van der Waals surface area contributed by atoms with Crippen molar-refractivity contribution in [2.45, 2.75) is 32.7 Å². The van der Waals surface area contributed by atoms with Crippen LogP contribution in [0.1, 0.15) is 29.5 Å². The van der Waals surface area contributed by atoms with Crippen LogP contribution < -0.4 is 10.5 Å². The summed E-state index contributed by atoms with van der Waals surface area (Å²) in [6.45, 7) is 5.05. The number of benzene rings is 2. The second-order valence-corrected chi connectivity index (χ2v) is 8.16. The Bertz CT molecular complexity index is 988. The van der Waals surface area contributed by atoms with Crippen molar-refractivity contribution in [3.05, 3.63) is 80.7 Å². The molecule has 1 aliphatic rings. The molecule has 27 heavy (non-hydrogen) atoms. The van der Waals surface area contributed by atoms with E-state index in [1.165, 1.54) is 29.7 Å². The number of rotatable bonds is 4. The molecule has 0 saturated carbocycles. The van der Waals surface area contributed by atoms with Crippen molar-refractivity contribution in [2.24, 2.45) is 5.92 Å². The Labute approximate surface area is 164 Å². The van der Waals surface area contributed by atoms with Gasteiger partial charge in [-0.25, -0.2) is 4.79 Å². The Hall–Kier alpha value is -2.10. The van der Waals surface area contributed by atoms with Crippen LogP contribution in [0.4, 0.5) is 0 Å². The van der Waals surface area contributed by atoms with Gasteiger partial charge in [0.15, 0.2) is 0 Å². The third kappa shape index (κ3) is 4.26. The first-order valence-corrected chi connectivity index (χ1v) is 10.1. The maximum absolute atomic E-state index is 12.0. The van der Waals surface area contributed by atoms with Gasteiger partial charge in [-0.1, -0.05) is 41.9 Å². The van der Waals surface area contributed by atoms with E-state index in [4.69, 9.17) is 16.0 Å². The molecular weight excluding hydrogens is 358 g/mol. The summed E-state index contributed by atoms with van der Waals surface area (Å²) in [6, 6.07) is 16.2. The molecule has 1 aromatic heterocycles. The van der Waals surface area contributed by atoms with Crippen LogP contribution in [0.3, 0.4) is 0 Å². The lowest BCUT2D eigenvalue weighted by atomic mass is 9.90. The molecule has 4 rings (SSSR count). The van der Waals surface area contributed by atoms with Crippen LogP contribution in [-0.2, 0) is 13.0 Å². The van der Waals surface area contributed by atoms with Gasteiger partial charge in [-0.3, -0.25) is 0 Å². The first kappa shape index (κ1) is 18.3. The van der Waals surface area contributed by atoms with Gasteiger partial charge in [-0.15, -0.1) is 0 Å². The maximum atomic E-state index is 12.0. The molecular formula is C23H25ClNO2+. The summed E-state index contributed by atoms with van der Waals surface area (Å²) in [4.78, 5) is 13.5. The summed E-state index contributed by atoms with van der Waals surface area (Å²) in [6.07, 6.45) is 3.62. The molecule has 0 radical (unpaired) electrons. The van der Waals surface area contributed by atoms with Gasteiger partial charge in [0.1, 0.15) is 12.1 Å². The fourth-order valence-electron chi connectivity index (χ4n) is 4.18. The molecule has 0 aliphatic carbocycles. The van der Waals surface area contributed by atoms with Gasteiger partial charge in [0.05, 0.1) is 13.1 Å². The minimum Gasteiger partial charge on any atom is -0.423 e. The average Bonchev–Trinajstić information content (AvgIpc) is 2.66. The molecule has 1 aliphatic heterocycles. The molecule has 0 bridgehead atoms. The Morgan fingerprint density at radius 3 is 2.59 bits per heavy atom. The largest absolute Gasteiger partial charge is 0.423 e. The molecule has 2 heterocycles. The highest BCUT2D eigenvalue weighted by molar-refractivity contribution is 6.32. The van der Waals surface area contributed by atoms with E-state index >= 15 is 0 Å². The monoisotopic (exact) mass is 382 g/mol. The number of quaternary nitrogens is 1. The van der Waals surface area contributed by atoms with E-state index in [9.17, 15) is 4.79 Å². The third-order valence-electron chi connectivity index (χ3n) is 5.73. The lowest BCUT2D eigenvalue weighted by molar-refractivity contribution is -0.919. The van der Waals surface area contributed by atoms with Crippen LogP contribution in [0, 0.1) is 12.8 Å². The van der Waals surface area contributed by atoms with Crippen LogP contribution in [0.25, 0.3) is 11.0 Å². The first-order chi connectivity index (χ1) is 13.1. The molecule has 1 saturated heterocycles. The molecule has 0 atom stereocenters. The van der Waals surface area contributed by atoms with Crippen molar-refractivity contribution in [3.8, 4) is 0 Å². The molecule has 3 nitrogen and oxygen atoms in total. The normalized spacial score (nSPS) is 20.1. The van der Waals surface area contributed by atoms with Crippen LogP contribution in [-0.4, -0.2) is 13.1 Å². The van der Waals surface area contributed by atoms with Gasteiger partial charge >= 0.3 is 5.63 Å². The first-order valence-electron chi connectivity index (χ1n) is 9.69. The fraction of sp³-hybridized carbons (Fsp3) is 0.348. The van der Waals surface area contributed by atoms with Crippen molar-refractivity contribution < 1.29 is 9.32 Å². The molecule has 4 heteroatoms. The SMILES string of the molecule is Cc1cc2oc(=O)cc(C[NH+]3CCC(Cc4ccccc4)CC3)c2cc1Cl. The lowest BCUT2D eigenvalue weighted by Crippen LogP contribution is -3.11. The fourth-order valence-corrected chi connectivity index (χ4v) is 4.34. The zero-order chi connectivity index (χ0) is 18.8. The molecule has 140 valence electrons. The highest BCUT2D eigenvalue weighted by Gasteiger charge is 2.23. The topological polar surface area (TPSA) is 34.6 Å². The highest BCUT2D eigenvalue weighted by Crippen LogP contribution is 2.25. The minimum atomic E-state index is -0.280. The van der Waals surface area contributed by atoms with Gasteiger partial charge in [0.2, 0.25) is 0 Å². The molecule has 3 aromatic rings. The number of hydrogen-bond donors (Lipinski definition) is 1. The quantitative estimate of drug-likeness (QED) is 0.696. The second-order valence-electron chi connectivity index (χ2n) is 7.75. The van der Waals surface area contributed by atoms with Crippen molar-refractivity contribution in [3.63, 3.8) is 0 Å². The predicted octanol–water partition coefficient (Wildman–Crippen LogP) is 3.79. The summed E-state index contributed by atoms with van der Waals surface area (Å²) in [5.74, 6) is 0.755. The van der Waals surface area contributed by atoms with Crippen LogP contribution in [0.5, 0.6) is 0 Å². The summed E-state index contributed by atoms with van der Waals surface area (Å²) < 4.78 is 5.39. The Morgan fingerprint density at radius 1 is 1.11 bits per heavy atom. The summed E-state index contributed by atoms with van der Waals surface area (Å²) >= 11 is 6.31. The Kier molecular flexibility index (Phi) is 5.33. The number of fused-ring (bicyclic) bond motifs is 1. The van der Waals surface area contributed by atoms with Crippen LogP contribution in [0.15, 0.2) is 57.7 Å². The summed E-state index contributed by atoms with van der Waals surface area (Å²) in [7, 11) is 0. The van der Waals surface area contributed by atoms with Crippen molar-refractivity contribution in [1.82, 2.24) is 0 Å². The van der Waals surface area contributed by atoms with Gasteiger partial charge in [0.25, 0.3) is 0 Å². The number of halogens is 1. The summed E-state index contributed by atoms with van der Waals surface area (Å²) in [5.41, 5.74) is 3.76. The van der Waals surface area contributed by atoms with Crippen molar-refractivity contribution >= 4 is 22.6 Å². The molecule has 2 aromatic carbocycles. The molecule has 1 N–H and O–H groups in total. The number of piperidine rings is 1. The van der Waals surface area contributed by atoms with E-state index in [1.54, 1.807) is 6.07 Å². The predicted molar refractivity (Wildman–Crippen MR) is 110 cm³/mol. The Morgan fingerprint density at radius 2 is 1.85 bits per heavy atom. The van der Waals surface area contributed by atoms with E-state index in [-0.39, 0.29) is 5.63 Å². The number of nitrogens with one attached hydrogen (secondary N) is 1.